The van der Waals surface area contributed by atoms with E-state index in [-0.39, 0.29) is 13.2 Å². The highest BCUT2D eigenvalue weighted by molar-refractivity contribution is 4.88. The molecule has 0 bridgehead atoms. The van der Waals surface area contributed by atoms with Crippen molar-refractivity contribution in [2.75, 3.05) is 19.8 Å². The quantitative estimate of drug-likeness (QED) is 0.166. The van der Waals surface area contributed by atoms with Crippen LogP contribution in [-0.4, -0.2) is 59.6 Å². The van der Waals surface area contributed by atoms with Gasteiger partial charge in [0, 0.05) is 6.61 Å². The molecule has 5 heteroatoms. The molecule has 5 nitrogen and oxygen atoms in total. The number of ether oxygens (including phenoxy) is 2. The molecule has 0 aliphatic carbocycles. The summed E-state index contributed by atoms with van der Waals surface area (Å²) >= 11 is 0. The molecule has 3 N–H and O–H groups in total. The van der Waals surface area contributed by atoms with Gasteiger partial charge < -0.3 is 24.8 Å². The second kappa shape index (κ2) is 20.2. The number of allylic oxidation sites excluding steroid dienone is 2. The van der Waals surface area contributed by atoms with Crippen molar-refractivity contribution in [1.29, 1.82) is 0 Å². The Morgan fingerprint density at radius 1 is 0.806 bits per heavy atom. The highest BCUT2D eigenvalue weighted by Gasteiger charge is 2.40. The highest BCUT2D eigenvalue weighted by Crippen LogP contribution is 2.20. The van der Waals surface area contributed by atoms with Crippen molar-refractivity contribution in [3.05, 3.63) is 12.2 Å². The Bertz CT molecular complexity index is 415. The topological polar surface area (TPSA) is 79.2 Å². The maximum atomic E-state index is 9.85. The van der Waals surface area contributed by atoms with Gasteiger partial charge in [-0.2, -0.15) is 0 Å². The van der Waals surface area contributed by atoms with Crippen molar-refractivity contribution >= 4 is 0 Å². The summed E-state index contributed by atoms with van der Waals surface area (Å²) < 4.78 is 11.0. The van der Waals surface area contributed by atoms with E-state index in [0.29, 0.717) is 6.61 Å². The Kier molecular flexibility index (Phi) is 18.6. The molecule has 0 radical (unpaired) electrons. The van der Waals surface area contributed by atoms with Crippen LogP contribution in [0.15, 0.2) is 12.2 Å². The number of unbranched alkanes of at least 4 members (excludes halogenated alkanes) is 14. The Morgan fingerprint density at radius 3 is 1.81 bits per heavy atom. The van der Waals surface area contributed by atoms with E-state index in [2.05, 4.69) is 19.1 Å². The molecule has 4 atom stereocenters. The SMILES string of the molecule is CCCCCCCCCC/C=C/CCCCCCCCO[C@H](CO)[C@@H]1OC[C@H](O)[C@@H]1O. The summed E-state index contributed by atoms with van der Waals surface area (Å²) in [7, 11) is 0. The second-order valence-electron chi connectivity index (χ2n) is 9.09. The molecule has 1 fully saturated rings. The predicted octanol–water partition coefficient (Wildman–Crippen LogP) is 5.30. The van der Waals surface area contributed by atoms with Gasteiger partial charge in [0.1, 0.15) is 24.4 Å². The molecule has 31 heavy (non-hydrogen) atoms. The van der Waals surface area contributed by atoms with Crippen LogP contribution in [0.4, 0.5) is 0 Å². The lowest BCUT2D eigenvalue weighted by Crippen LogP contribution is -2.42. The highest BCUT2D eigenvalue weighted by atomic mass is 16.6. The normalized spacial score (nSPS) is 22.5. The van der Waals surface area contributed by atoms with E-state index in [1.807, 2.05) is 0 Å². The van der Waals surface area contributed by atoms with Crippen LogP contribution in [0.25, 0.3) is 0 Å². The monoisotopic (exact) mass is 442 g/mol. The van der Waals surface area contributed by atoms with Crippen molar-refractivity contribution in [2.24, 2.45) is 0 Å². The summed E-state index contributed by atoms with van der Waals surface area (Å²) in [6, 6.07) is 0. The third-order valence-corrected chi connectivity index (χ3v) is 6.22. The van der Waals surface area contributed by atoms with Crippen LogP contribution in [-0.2, 0) is 9.47 Å². The summed E-state index contributed by atoms with van der Waals surface area (Å²) in [6.45, 7) is 2.71. The number of hydrogen-bond donors (Lipinski definition) is 3. The van der Waals surface area contributed by atoms with Gasteiger partial charge in [0.25, 0.3) is 0 Å². The van der Waals surface area contributed by atoms with Crippen molar-refractivity contribution in [3.63, 3.8) is 0 Å². The molecule has 0 amide bonds. The summed E-state index contributed by atoms with van der Waals surface area (Å²) in [5, 5.41) is 28.8. The van der Waals surface area contributed by atoms with E-state index >= 15 is 0 Å². The zero-order valence-electron chi connectivity index (χ0n) is 20.1. The van der Waals surface area contributed by atoms with Gasteiger partial charge in [0.05, 0.1) is 13.2 Å². The maximum absolute atomic E-state index is 9.85. The Balaban J connectivity index is 1.82. The zero-order valence-corrected chi connectivity index (χ0v) is 20.1. The first-order valence-electron chi connectivity index (χ1n) is 13.1. The van der Waals surface area contributed by atoms with Crippen LogP contribution in [0.5, 0.6) is 0 Å². The smallest absolute Gasteiger partial charge is 0.114 e. The van der Waals surface area contributed by atoms with Crippen molar-refractivity contribution in [3.8, 4) is 0 Å². The van der Waals surface area contributed by atoms with Crippen LogP contribution in [0, 0.1) is 0 Å². The zero-order chi connectivity index (χ0) is 22.6. The van der Waals surface area contributed by atoms with Crippen LogP contribution in [0.3, 0.4) is 0 Å². The second-order valence-corrected chi connectivity index (χ2v) is 9.09. The number of rotatable bonds is 21. The van der Waals surface area contributed by atoms with Gasteiger partial charge in [-0.25, -0.2) is 0 Å². The molecule has 0 spiro atoms. The third-order valence-electron chi connectivity index (χ3n) is 6.22. The van der Waals surface area contributed by atoms with Crippen LogP contribution in [0.2, 0.25) is 0 Å². The molecule has 1 rings (SSSR count). The van der Waals surface area contributed by atoms with Gasteiger partial charge in [-0.3, -0.25) is 0 Å². The number of aliphatic hydroxyl groups excluding tert-OH is 3. The van der Waals surface area contributed by atoms with E-state index in [1.165, 1.54) is 89.9 Å². The van der Waals surface area contributed by atoms with E-state index < -0.39 is 24.4 Å². The van der Waals surface area contributed by atoms with E-state index in [1.54, 1.807) is 0 Å². The van der Waals surface area contributed by atoms with Crippen molar-refractivity contribution < 1.29 is 24.8 Å². The van der Waals surface area contributed by atoms with Crippen molar-refractivity contribution in [1.82, 2.24) is 0 Å². The van der Waals surface area contributed by atoms with E-state index in [0.717, 1.165) is 12.8 Å². The molecule has 0 aromatic heterocycles. The lowest BCUT2D eigenvalue weighted by atomic mass is 10.1. The molecule has 1 aliphatic rings. The summed E-state index contributed by atoms with van der Waals surface area (Å²) in [5.74, 6) is 0. The van der Waals surface area contributed by atoms with Crippen LogP contribution in [0.1, 0.15) is 110 Å². The molecule has 1 heterocycles. The molecule has 1 aliphatic heterocycles. The summed E-state index contributed by atoms with van der Waals surface area (Å²) in [5.41, 5.74) is 0. The van der Waals surface area contributed by atoms with Gasteiger partial charge in [-0.05, 0) is 32.1 Å². The predicted molar refractivity (Wildman–Crippen MR) is 127 cm³/mol. The first-order chi connectivity index (χ1) is 15.2. The first kappa shape index (κ1) is 28.6. The molecule has 0 aromatic carbocycles. The lowest BCUT2D eigenvalue weighted by Gasteiger charge is -2.24. The molecule has 184 valence electrons. The van der Waals surface area contributed by atoms with Crippen LogP contribution < -0.4 is 0 Å². The van der Waals surface area contributed by atoms with Gasteiger partial charge in [-0.1, -0.05) is 89.7 Å². The molecular formula is C26H50O5. The molecule has 0 saturated carbocycles. The minimum atomic E-state index is -0.980. The fraction of sp³-hybridized carbons (Fsp3) is 0.923. The van der Waals surface area contributed by atoms with Gasteiger partial charge >= 0.3 is 0 Å². The summed E-state index contributed by atoms with van der Waals surface area (Å²) in [6.07, 6.45) is 22.3. The average molecular weight is 443 g/mol. The third kappa shape index (κ3) is 14.3. The van der Waals surface area contributed by atoms with Gasteiger partial charge in [0.15, 0.2) is 0 Å². The van der Waals surface area contributed by atoms with Gasteiger partial charge in [-0.15, -0.1) is 0 Å². The number of aliphatic hydroxyl groups is 3. The number of hydrogen-bond acceptors (Lipinski definition) is 5. The lowest BCUT2D eigenvalue weighted by molar-refractivity contribution is -0.101. The van der Waals surface area contributed by atoms with E-state index in [4.69, 9.17) is 9.47 Å². The Morgan fingerprint density at radius 2 is 1.32 bits per heavy atom. The largest absolute Gasteiger partial charge is 0.394 e. The average Bonchev–Trinajstić information content (AvgIpc) is 3.11. The van der Waals surface area contributed by atoms with Gasteiger partial charge in [0.2, 0.25) is 0 Å². The minimum Gasteiger partial charge on any atom is -0.394 e. The Hall–Kier alpha value is -0.460. The Labute approximate surface area is 191 Å². The van der Waals surface area contributed by atoms with Crippen molar-refractivity contribution in [2.45, 2.75) is 134 Å². The fourth-order valence-electron chi connectivity index (χ4n) is 4.14. The molecule has 1 saturated heterocycles. The molecular weight excluding hydrogens is 392 g/mol. The standard InChI is InChI=1S/C26H50O5/c1-2-3-4-5-6-7-8-9-10-11-12-13-14-15-16-17-18-19-20-30-24(21-27)26-25(29)23(28)22-31-26/h11-12,23-29H,2-10,13-22H2,1H3/b12-11+/t23-,24+,25-,26-/m0/s1. The summed E-state index contributed by atoms with van der Waals surface area (Å²) in [4.78, 5) is 0. The molecule has 0 aromatic rings. The maximum Gasteiger partial charge on any atom is 0.114 e. The fourth-order valence-corrected chi connectivity index (χ4v) is 4.14. The molecule has 0 unspecified atom stereocenters. The minimum absolute atomic E-state index is 0.0973. The van der Waals surface area contributed by atoms with Crippen LogP contribution >= 0.6 is 0 Å². The first-order valence-corrected chi connectivity index (χ1v) is 13.1. The van der Waals surface area contributed by atoms with E-state index in [9.17, 15) is 15.3 Å².